The molecule has 1 atom stereocenters. The van der Waals surface area contributed by atoms with Gasteiger partial charge >= 0.3 is 0 Å². The Balaban J connectivity index is 1.31. The molecule has 4 rings (SSSR count). The van der Waals surface area contributed by atoms with Crippen molar-refractivity contribution < 1.29 is 14.4 Å². The molecule has 0 aromatic heterocycles. The fraction of sp³-hybridized carbons (Fsp3) is 0.625. The first kappa shape index (κ1) is 20.9. The van der Waals surface area contributed by atoms with E-state index in [4.69, 9.17) is 0 Å². The van der Waals surface area contributed by atoms with Crippen molar-refractivity contribution in [2.45, 2.75) is 69.9 Å². The van der Waals surface area contributed by atoms with Crippen molar-refractivity contribution in [1.29, 1.82) is 0 Å². The highest BCUT2D eigenvalue weighted by molar-refractivity contribution is 5.94. The zero-order valence-electron chi connectivity index (χ0n) is 17.9. The normalized spacial score (nSPS) is 23.9. The van der Waals surface area contributed by atoms with Crippen LogP contribution in [0.15, 0.2) is 30.3 Å². The second-order valence-corrected chi connectivity index (χ2v) is 9.27. The molecule has 6 heteroatoms. The number of carbonyl (C=O) groups excluding carboxylic acids is 3. The molecule has 3 fully saturated rings. The number of rotatable bonds is 5. The first-order chi connectivity index (χ1) is 14.5. The lowest BCUT2D eigenvalue weighted by molar-refractivity contribution is -0.143. The van der Waals surface area contributed by atoms with Gasteiger partial charge in [-0.1, -0.05) is 43.2 Å². The molecule has 30 heavy (non-hydrogen) atoms. The van der Waals surface area contributed by atoms with E-state index in [-0.39, 0.29) is 29.8 Å². The Bertz CT molecular complexity index is 780. The first-order valence-electron chi connectivity index (χ1n) is 11.4. The van der Waals surface area contributed by atoms with Gasteiger partial charge in [0.25, 0.3) is 0 Å². The first-order valence-corrected chi connectivity index (χ1v) is 11.4. The highest BCUT2D eigenvalue weighted by Crippen LogP contribution is 2.44. The minimum atomic E-state index is -0.483. The summed E-state index contributed by atoms with van der Waals surface area (Å²) in [5, 5.41) is 3.16. The quantitative estimate of drug-likeness (QED) is 0.809. The molecule has 2 aliphatic heterocycles. The average molecular weight is 412 g/mol. The van der Waals surface area contributed by atoms with Gasteiger partial charge in [0, 0.05) is 32.6 Å². The minimum Gasteiger partial charge on any atom is -0.352 e. The average Bonchev–Trinajstić information content (AvgIpc) is 3.36. The Kier molecular flexibility index (Phi) is 6.11. The number of piperidine rings is 1. The number of carbonyl (C=O) groups is 3. The Hall–Kier alpha value is -2.37. The molecule has 1 N–H and O–H groups in total. The highest BCUT2D eigenvalue weighted by Gasteiger charge is 2.53. The van der Waals surface area contributed by atoms with Gasteiger partial charge in [-0.2, -0.15) is 0 Å². The van der Waals surface area contributed by atoms with Gasteiger partial charge in [0.1, 0.15) is 6.04 Å². The summed E-state index contributed by atoms with van der Waals surface area (Å²) in [6.07, 6.45) is 7.55. The Morgan fingerprint density at radius 3 is 2.43 bits per heavy atom. The lowest BCUT2D eigenvalue weighted by Crippen LogP contribution is -2.46. The second-order valence-electron chi connectivity index (χ2n) is 9.27. The van der Waals surface area contributed by atoms with Gasteiger partial charge in [0.2, 0.25) is 17.7 Å². The molecule has 2 heterocycles. The van der Waals surface area contributed by atoms with E-state index >= 15 is 0 Å². The standard InChI is InChI=1S/C24H33N3O3/c1-26-20(22(29)25-19-9-5-6-10-19)17-24(23(26)30)13-15-27(16-14-24)21(28)12-11-18-7-3-2-4-8-18/h2-4,7-8,19-20H,5-6,9-17H2,1H3,(H,25,29). The fourth-order valence-corrected chi connectivity index (χ4v) is 5.40. The Labute approximate surface area is 179 Å². The lowest BCUT2D eigenvalue weighted by Gasteiger charge is -2.37. The van der Waals surface area contributed by atoms with E-state index in [1.54, 1.807) is 11.9 Å². The SMILES string of the molecule is CN1C(=O)C2(CCN(C(=O)CCc3ccccc3)CC2)CC1C(=O)NC1CCCC1. The molecule has 0 radical (unpaired) electrons. The van der Waals surface area contributed by atoms with E-state index in [0.29, 0.717) is 38.8 Å². The number of hydrogen-bond acceptors (Lipinski definition) is 3. The maximum Gasteiger partial charge on any atom is 0.243 e. The third-order valence-corrected chi connectivity index (χ3v) is 7.37. The molecule has 1 unspecified atom stereocenters. The van der Waals surface area contributed by atoms with E-state index in [9.17, 15) is 14.4 Å². The number of likely N-dealkylation sites (N-methyl/N-ethyl adjacent to an activating group) is 1. The van der Waals surface area contributed by atoms with Crippen molar-refractivity contribution in [3.05, 3.63) is 35.9 Å². The zero-order valence-corrected chi connectivity index (χ0v) is 17.9. The summed E-state index contributed by atoms with van der Waals surface area (Å²) < 4.78 is 0. The van der Waals surface area contributed by atoms with Gasteiger partial charge in [-0.3, -0.25) is 14.4 Å². The van der Waals surface area contributed by atoms with E-state index in [1.165, 1.54) is 18.4 Å². The maximum absolute atomic E-state index is 13.1. The molecule has 162 valence electrons. The van der Waals surface area contributed by atoms with Crippen LogP contribution in [0.1, 0.15) is 56.9 Å². The van der Waals surface area contributed by atoms with E-state index in [0.717, 1.165) is 19.3 Å². The molecule has 2 saturated heterocycles. The van der Waals surface area contributed by atoms with Gasteiger partial charge in [0.15, 0.2) is 0 Å². The fourth-order valence-electron chi connectivity index (χ4n) is 5.40. The third-order valence-electron chi connectivity index (χ3n) is 7.37. The van der Waals surface area contributed by atoms with E-state index in [2.05, 4.69) is 5.32 Å². The van der Waals surface area contributed by atoms with Crippen molar-refractivity contribution in [3.63, 3.8) is 0 Å². The molecule has 3 amide bonds. The van der Waals surface area contributed by atoms with Crippen LogP contribution in [-0.4, -0.2) is 59.7 Å². The molecular weight excluding hydrogens is 378 g/mol. The smallest absolute Gasteiger partial charge is 0.243 e. The third kappa shape index (κ3) is 4.23. The number of nitrogens with zero attached hydrogens (tertiary/aromatic N) is 2. The minimum absolute atomic E-state index is 0.00371. The van der Waals surface area contributed by atoms with Crippen molar-refractivity contribution in [2.24, 2.45) is 5.41 Å². The summed E-state index contributed by atoms with van der Waals surface area (Å²) in [5.74, 6) is 0.226. The number of likely N-dealkylation sites (tertiary alicyclic amines) is 2. The molecule has 1 aromatic rings. The summed E-state index contributed by atoms with van der Waals surface area (Å²) in [7, 11) is 1.76. The molecule has 1 saturated carbocycles. The largest absolute Gasteiger partial charge is 0.352 e. The van der Waals surface area contributed by atoms with Crippen LogP contribution in [0.5, 0.6) is 0 Å². The van der Waals surface area contributed by atoms with Crippen LogP contribution in [0.4, 0.5) is 0 Å². The molecule has 1 aromatic carbocycles. The molecule has 1 spiro atoms. The van der Waals surface area contributed by atoms with E-state index in [1.807, 2.05) is 35.2 Å². The molecule has 6 nitrogen and oxygen atoms in total. The van der Waals surface area contributed by atoms with Gasteiger partial charge < -0.3 is 15.1 Å². The van der Waals surface area contributed by atoms with Crippen molar-refractivity contribution in [3.8, 4) is 0 Å². The summed E-state index contributed by atoms with van der Waals surface area (Å²) in [6, 6.07) is 9.94. The van der Waals surface area contributed by atoms with Crippen LogP contribution in [-0.2, 0) is 20.8 Å². The molecule has 0 bridgehead atoms. The van der Waals surface area contributed by atoms with Gasteiger partial charge in [-0.15, -0.1) is 0 Å². The van der Waals surface area contributed by atoms with Crippen LogP contribution in [0.2, 0.25) is 0 Å². The predicted octanol–water partition coefficient (Wildman–Crippen LogP) is 2.52. The van der Waals surface area contributed by atoms with Crippen LogP contribution >= 0.6 is 0 Å². The Morgan fingerprint density at radius 2 is 1.77 bits per heavy atom. The maximum atomic E-state index is 13.1. The van der Waals surface area contributed by atoms with Crippen molar-refractivity contribution >= 4 is 17.7 Å². The summed E-state index contributed by atoms with van der Waals surface area (Å²) >= 11 is 0. The van der Waals surface area contributed by atoms with E-state index < -0.39 is 5.41 Å². The van der Waals surface area contributed by atoms with Gasteiger partial charge in [-0.05, 0) is 44.1 Å². The molecule has 1 aliphatic carbocycles. The van der Waals surface area contributed by atoms with Gasteiger partial charge in [-0.25, -0.2) is 0 Å². The Morgan fingerprint density at radius 1 is 1.10 bits per heavy atom. The number of hydrogen-bond donors (Lipinski definition) is 1. The highest BCUT2D eigenvalue weighted by atomic mass is 16.2. The summed E-state index contributed by atoms with van der Waals surface area (Å²) in [5.41, 5.74) is 0.686. The number of aryl methyl sites for hydroxylation is 1. The predicted molar refractivity (Wildman–Crippen MR) is 115 cm³/mol. The van der Waals surface area contributed by atoms with Crippen LogP contribution in [0, 0.1) is 5.41 Å². The van der Waals surface area contributed by atoms with Crippen molar-refractivity contribution in [2.75, 3.05) is 20.1 Å². The van der Waals surface area contributed by atoms with Crippen LogP contribution < -0.4 is 5.32 Å². The summed E-state index contributed by atoms with van der Waals surface area (Å²) in [6.45, 7) is 1.20. The monoisotopic (exact) mass is 411 g/mol. The van der Waals surface area contributed by atoms with Crippen molar-refractivity contribution in [1.82, 2.24) is 15.1 Å². The number of benzene rings is 1. The molecular formula is C24H33N3O3. The number of nitrogens with one attached hydrogen (secondary N) is 1. The lowest BCUT2D eigenvalue weighted by atomic mass is 9.75. The van der Waals surface area contributed by atoms with Gasteiger partial charge in [0.05, 0.1) is 5.41 Å². The summed E-state index contributed by atoms with van der Waals surface area (Å²) in [4.78, 5) is 42.1. The zero-order chi connectivity index (χ0) is 21.1. The number of amides is 3. The topological polar surface area (TPSA) is 69.7 Å². The van der Waals surface area contributed by atoms with Crippen LogP contribution in [0.25, 0.3) is 0 Å². The second kappa shape index (κ2) is 8.78. The van der Waals surface area contributed by atoms with Crippen LogP contribution in [0.3, 0.4) is 0 Å². The molecule has 3 aliphatic rings.